The molecule has 0 radical (unpaired) electrons. The van der Waals surface area contributed by atoms with Crippen LogP contribution in [-0.2, 0) is 4.74 Å². The van der Waals surface area contributed by atoms with Crippen LogP contribution in [0.2, 0.25) is 0 Å². The summed E-state index contributed by atoms with van der Waals surface area (Å²) in [4.78, 5) is 0. The molecule has 0 aromatic heterocycles. The van der Waals surface area contributed by atoms with E-state index in [0.717, 1.165) is 12.4 Å². The fraction of sp³-hybridized carbons (Fsp3) is 1.00. The maximum absolute atomic E-state index is 4.78. The van der Waals surface area contributed by atoms with Crippen LogP contribution in [0.25, 0.3) is 0 Å². The molecule has 0 aromatic carbocycles. The first-order valence-corrected chi connectivity index (χ1v) is 2.29. The molecule has 30 valence electrons. The van der Waals surface area contributed by atoms with Gasteiger partial charge in [-0.15, -0.1) is 0 Å². The summed E-state index contributed by atoms with van der Waals surface area (Å²) < 4.78 is 4.78. The van der Waals surface area contributed by atoms with Crippen LogP contribution in [0.15, 0.2) is 0 Å². The van der Waals surface area contributed by atoms with Crippen molar-refractivity contribution in [2.75, 3.05) is 12.4 Å². The number of rotatable bonds is 1. The predicted molar refractivity (Wildman–Crippen MR) is 23.6 cm³/mol. The lowest BCUT2D eigenvalue weighted by Gasteiger charge is -1.69. The zero-order valence-corrected chi connectivity index (χ0v) is 3.74. The normalized spacial score (nSPS) is 34.2. The third kappa shape index (κ3) is 0.816. The molecule has 1 rings (SSSR count). The third-order valence-corrected chi connectivity index (χ3v) is 1.01. The Kier molecular flexibility index (Phi) is 0.830. The van der Waals surface area contributed by atoms with Gasteiger partial charge in [-0.2, -0.15) is 12.6 Å². The highest BCUT2D eigenvalue weighted by atomic mass is 32.1. The van der Waals surface area contributed by atoms with Crippen molar-refractivity contribution in [3.05, 3.63) is 0 Å². The van der Waals surface area contributed by atoms with Gasteiger partial charge in [-0.3, -0.25) is 0 Å². The molecule has 1 unspecified atom stereocenters. The summed E-state index contributed by atoms with van der Waals surface area (Å²) >= 11 is 3.95. The van der Waals surface area contributed by atoms with E-state index in [2.05, 4.69) is 12.6 Å². The summed E-state index contributed by atoms with van der Waals surface area (Å²) in [5.41, 5.74) is 0. The van der Waals surface area contributed by atoms with Gasteiger partial charge in [0, 0.05) is 5.75 Å². The molecule has 1 aliphatic rings. The molecule has 0 aromatic rings. The lowest BCUT2D eigenvalue weighted by Crippen LogP contribution is -1.80. The van der Waals surface area contributed by atoms with Gasteiger partial charge in [0.1, 0.15) is 0 Å². The molecule has 1 heterocycles. The molecule has 2 heteroatoms. The molecule has 1 nitrogen and oxygen atoms in total. The zero-order valence-electron chi connectivity index (χ0n) is 2.85. The van der Waals surface area contributed by atoms with E-state index in [1.165, 1.54) is 0 Å². The van der Waals surface area contributed by atoms with Crippen molar-refractivity contribution >= 4 is 12.6 Å². The Morgan fingerprint density at radius 2 is 2.60 bits per heavy atom. The van der Waals surface area contributed by atoms with E-state index in [1.807, 2.05) is 0 Å². The summed E-state index contributed by atoms with van der Waals surface area (Å²) in [6.07, 6.45) is 0.498. The molecular weight excluding hydrogens is 84.1 g/mol. The van der Waals surface area contributed by atoms with Gasteiger partial charge in [0.2, 0.25) is 0 Å². The van der Waals surface area contributed by atoms with Crippen LogP contribution in [-0.4, -0.2) is 18.5 Å². The number of epoxide rings is 1. The number of hydrogen-bond acceptors (Lipinski definition) is 2. The van der Waals surface area contributed by atoms with Gasteiger partial charge in [0.25, 0.3) is 0 Å². The first-order chi connectivity index (χ1) is 2.43. The Bertz CT molecular complexity index is 33.9. The minimum Gasteiger partial charge on any atom is -0.372 e. The second-order valence-electron chi connectivity index (χ2n) is 1.14. The van der Waals surface area contributed by atoms with Crippen molar-refractivity contribution in [2.45, 2.75) is 6.10 Å². The van der Waals surface area contributed by atoms with Gasteiger partial charge in [-0.25, -0.2) is 0 Å². The number of hydrogen-bond donors (Lipinski definition) is 1. The van der Waals surface area contributed by atoms with E-state index in [0.29, 0.717) is 6.10 Å². The van der Waals surface area contributed by atoms with E-state index in [4.69, 9.17) is 4.74 Å². The smallest absolute Gasteiger partial charge is 0.0897 e. The van der Waals surface area contributed by atoms with Crippen molar-refractivity contribution in [2.24, 2.45) is 0 Å². The molecule has 1 fully saturated rings. The van der Waals surface area contributed by atoms with Gasteiger partial charge >= 0.3 is 0 Å². The first kappa shape index (κ1) is 3.50. The van der Waals surface area contributed by atoms with E-state index in [-0.39, 0.29) is 0 Å². The minimum absolute atomic E-state index is 0.498. The van der Waals surface area contributed by atoms with Crippen LogP contribution >= 0.6 is 12.6 Å². The highest BCUT2D eigenvalue weighted by Gasteiger charge is 2.18. The van der Waals surface area contributed by atoms with Gasteiger partial charge in [-0.1, -0.05) is 0 Å². The summed E-state index contributed by atoms with van der Waals surface area (Å²) in [5.74, 6) is 0.889. The lowest BCUT2D eigenvalue weighted by molar-refractivity contribution is 0.426. The van der Waals surface area contributed by atoms with Crippen LogP contribution in [0.4, 0.5) is 0 Å². The monoisotopic (exact) mass is 90.0 g/mol. The van der Waals surface area contributed by atoms with Crippen LogP contribution in [0.5, 0.6) is 0 Å². The molecule has 1 saturated heterocycles. The van der Waals surface area contributed by atoms with E-state index in [1.54, 1.807) is 0 Å². The Hall–Kier alpha value is 0.310. The molecule has 5 heavy (non-hydrogen) atoms. The fourth-order valence-corrected chi connectivity index (χ4v) is 0.384. The second kappa shape index (κ2) is 1.19. The van der Waals surface area contributed by atoms with Gasteiger partial charge in [-0.05, 0) is 0 Å². The Labute approximate surface area is 36.7 Å². The largest absolute Gasteiger partial charge is 0.372 e. The highest BCUT2D eigenvalue weighted by molar-refractivity contribution is 7.80. The van der Waals surface area contributed by atoms with Crippen molar-refractivity contribution in [1.82, 2.24) is 0 Å². The standard InChI is InChI=1S/C3H6OS/c5-2-3-1-4-3/h3,5H,1-2H2. The van der Waals surface area contributed by atoms with Gasteiger partial charge in [0.05, 0.1) is 12.7 Å². The second-order valence-corrected chi connectivity index (χ2v) is 1.50. The SMILES string of the molecule is SCC1CO1. The topological polar surface area (TPSA) is 12.5 Å². The molecule has 0 N–H and O–H groups in total. The molecule has 0 aliphatic carbocycles. The van der Waals surface area contributed by atoms with Crippen molar-refractivity contribution < 1.29 is 4.74 Å². The zero-order chi connectivity index (χ0) is 3.70. The molecule has 0 saturated carbocycles. The Balaban J connectivity index is 2.00. The molecule has 0 amide bonds. The minimum atomic E-state index is 0.498. The predicted octanol–water partition coefficient (Wildman–Crippen LogP) is 0.315. The Morgan fingerprint density at radius 3 is 2.60 bits per heavy atom. The molecular formula is C3H6OS. The summed E-state index contributed by atoms with van der Waals surface area (Å²) in [6, 6.07) is 0. The van der Waals surface area contributed by atoms with Gasteiger partial charge in [0.15, 0.2) is 0 Å². The molecule has 1 atom stereocenters. The molecule has 1 aliphatic heterocycles. The molecule has 0 bridgehead atoms. The summed E-state index contributed by atoms with van der Waals surface area (Å²) in [6.45, 7) is 0.934. The van der Waals surface area contributed by atoms with Crippen molar-refractivity contribution in [1.29, 1.82) is 0 Å². The van der Waals surface area contributed by atoms with Crippen molar-refractivity contribution in [3.63, 3.8) is 0 Å². The van der Waals surface area contributed by atoms with E-state index >= 15 is 0 Å². The van der Waals surface area contributed by atoms with Crippen LogP contribution in [0.3, 0.4) is 0 Å². The lowest BCUT2D eigenvalue weighted by atomic mass is 10.6. The average Bonchev–Trinajstić information content (AvgIpc) is 2.12. The van der Waals surface area contributed by atoms with Crippen LogP contribution in [0.1, 0.15) is 0 Å². The van der Waals surface area contributed by atoms with Crippen molar-refractivity contribution in [3.8, 4) is 0 Å². The fourth-order valence-electron chi connectivity index (χ4n) is 0.173. The van der Waals surface area contributed by atoms with Crippen LogP contribution < -0.4 is 0 Å². The summed E-state index contributed by atoms with van der Waals surface area (Å²) in [7, 11) is 0. The van der Waals surface area contributed by atoms with E-state index in [9.17, 15) is 0 Å². The maximum Gasteiger partial charge on any atom is 0.0897 e. The van der Waals surface area contributed by atoms with E-state index < -0.39 is 0 Å². The average molecular weight is 90.1 g/mol. The number of ether oxygens (including phenoxy) is 1. The number of thiol groups is 1. The third-order valence-electron chi connectivity index (χ3n) is 0.606. The first-order valence-electron chi connectivity index (χ1n) is 1.66. The molecule has 0 spiro atoms. The van der Waals surface area contributed by atoms with Gasteiger partial charge < -0.3 is 4.74 Å². The highest BCUT2D eigenvalue weighted by Crippen LogP contribution is 2.08. The van der Waals surface area contributed by atoms with Crippen LogP contribution in [0, 0.1) is 0 Å². The summed E-state index contributed by atoms with van der Waals surface area (Å²) in [5, 5.41) is 0. The maximum atomic E-state index is 4.78. The quantitative estimate of drug-likeness (QED) is 0.361. The Morgan fingerprint density at radius 1 is 2.00 bits per heavy atom.